The summed E-state index contributed by atoms with van der Waals surface area (Å²) in [5, 5.41) is 0. The van der Waals surface area contributed by atoms with Crippen molar-refractivity contribution in [2.75, 3.05) is 13.2 Å². The van der Waals surface area contributed by atoms with E-state index >= 15 is 0 Å². The lowest BCUT2D eigenvalue weighted by Crippen LogP contribution is -2.36. The minimum Gasteiger partial charge on any atom is -0.488 e. The first-order valence-electron chi connectivity index (χ1n) is 10.0. The Morgan fingerprint density at radius 2 is 1.67 bits per heavy atom. The topological polar surface area (TPSA) is 99.6 Å². The summed E-state index contributed by atoms with van der Waals surface area (Å²) in [6.07, 6.45) is -5.46. The van der Waals surface area contributed by atoms with Crippen LogP contribution in [0.25, 0.3) is 11.0 Å². The number of nitrogens with zero attached hydrogens (tertiary/aromatic N) is 1. The largest absolute Gasteiger partial charge is 0.488 e. The van der Waals surface area contributed by atoms with Gasteiger partial charge in [0.05, 0.1) is 29.8 Å². The van der Waals surface area contributed by atoms with Crippen molar-refractivity contribution in [3.8, 4) is 5.75 Å². The number of H-pyrrole nitrogens is 1. The fourth-order valence-electron chi connectivity index (χ4n) is 3.20. The Kier molecular flexibility index (Phi) is 7.46. The van der Waals surface area contributed by atoms with Gasteiger partial charge in [0, 0.05) is 6.07 Å². The molecule has 0 saturated heterocycles. The summed E-state index contributed by atoms with van der Waals surface area (Å²) in [7, 11) is -3.87. The van der Waals surface area contributed by atoms with Crippen LogP contribution in [-0.4, -0.2) is 22.8 Å². The van der Waals surface area contributed by atoms with Crippen LogP contribution in [-0.2, 0) is 32.7 Å². The molecule has 33 heavy (non-hydrogen) atoms. The smallest absolute Gasteiger partial charge is 0.420 e. The molecule has 0 amide bonds. The lowest BCUT2D eigenvalue weighted by Gasteiger charge is -2.20. The Bertz CT molecular complexity index is 1280. The third-order valence-corrected chi connectivity index (χ3v) is 6.52. The zero-order chi connectivity index (χ0) is 24.2. The highest BCUT2D eigenvalue weighted by Crippen LogP contribution is 2.50. The van der Waals surface area contributed by atoms with E-state index in [2.05, 4.69) is 4.98 Å². The zero-order valence-corrected chi connectivity index (χ0v) is 18.7. The van der Waals surface area contributed by atoms with Gasteiger partial charge in [-0.05, 0) is 25.5 Å². The van der Waals surface area contributed by atoms with Gasteiger partial charge in [-0.2, -0.15) is 13.2 Å². The summed E-state index contributed by atoms with van der Waals surface area (Å²) in [6, 6.07) is 10.2. The predicted molar refractivity (Wildman–Crippen MR) is 115 cm³/mol. The van der Waals surface area contributed by atoms with Crippen LogP contribution in [0.15, 0.2) is 52.1 Å². The Morgan fingerprint density at radius 1 is 1.03 bits per heavy atom. The van der Waals surface area contributed by atoms with Gasteiger partial charge in [0.1, 0.15) is 18.6 Å². The molecular weight excluding hydrogens is 464 g/mol. The van der Waals surface area contributed by atoms with Gasteiger partial charge in [-0.25, -0.2) is 0 Å². The maximum atomic E-state index is 13.7. The van der Waals surface area contributed by atoms with Crippen molar-refractivity contribution in [1.82, 2.24) is 9.55 Å². The molecule has 12 heteroatoms. The first kappa shape index (κ1) is 24.8. The van der Waals surface area contributed by atoms with Crippen LogP contribution in [0.5, 0.6) is 5.75 Å². The number of aromatic amines is 1. The summed E-state index contributed by atoms with van der Waals surface area (Å²) < 4.78 is 70.8. The first-order valence-corrected chi connectivity index (χ1v) is 11.7. The van der Waals surface area contributed by atoms with Gasteiger partial charge < -0.3 is 18.8 Å². The standard InChI is InChI=1S/C21H22F3N2O6P/c1-3-31-33(29,32-4-2)13-26-17-11-18(30-12-14-8-6-5-7-9-14)15(21(22,23)24)10-16(17)25-19(27)20(26)28/h5-11H,3-4,12-13H2,1-2H3,(H,25,27). The van der Waals surface area contributed by atoms with E-state index in [0.717, 1.165) is 10.6 Å². The number of hydrogen-bond acceptors (Lipinski definition) is 6. The second kappa shape index (κ2) is 9.94. The number of halogens is 3. The molecule has 1 N–H and O–H groups in total. The third-order valence-electron chi connectivity index (χ3n) is 4.59. The Hall–Kier alpha value is -2.88. The van der Waals surface area contributed by atoms with Gasteiger partial charge in [0.15, 0.2) is 0 Å². The number of benzene rings is 2. The molecule has 0 saturated carbocycles. The molecule has 0 spiro atoms. The van der Waals surface area contributed by atoms with Gasteiger partial charge in [-0.3, -0.25) is 18.7 Å². The van der Waals surface area contributed by atoms with Crippen molar-refractivity contribution in [3.05, 3.63) is 74.3 Å². The molecule has 3 aromatic rings. The summed E-state index contributed by atoms with van der Waals surface area (Å²) in [4.78, 5) is 26.9. The van der Waals surface area contributed by atoms with Crippen LogP contribution in [0.3, 0.4) is 0 Å². The molecular formula is C21H22F3N2O6P. The predicted octanol–water partition coefficient (Wildman–Crippen LogP) is 4.51. The van der Waals surface area contributed by atoms with Crippen LogP contribution in [0.2, 0.25) is 0 Å². The normalized spacial score (nSPS) is 12.3. The number of nitrogens with one attached hydrogen (secondary N) is 1. The van der Waals surface area contributed by atoms with Crippen molar-refractivity contribution in [3.63, 3.8) is 0 Å². The monoisotopic (exact) mass is 486 g/mol. The fourth-order valence-corrected chi connectivity index (χ4v) is 4.85. The SMILES string of the molecule is CCOP(=O)(Cn1c(=O)c(=O)[nH]c2cc(C(F)(F)F)c(OCc3ccccc3)cc21)OCC. The average molecular weight is 486 g/mol. The summed E-state index contributed by atoms with van der Waals surface area (Å²) in [5.41, 5.74) is -3.19. The number of ether oxygens (including phenoxy) is 1. The van der Waals surface area contributed by atoms with E-state index in [0.29, 0.717) is 11.6 Å². The lowest BCUT2D eigenvalue weighted by atomic mass is 10.1. The molecule has 0 atom stereocenters. The molecule has 0 bridgehead atoms. The molecule has 8 nitrogen and oxygen atoms in total. The molecule has 0 aliphatic carbocycles. The molecule has 0 radical (unpaired) electrons. The summed E-state index contributed by atoms with van der Waals surface area (Å²) >= 11 is 0. The second-order valence-electron chi connectivity index (χ2n) is 6.91. The van der Waals surface area contributed by atoms with E-state index in [4.69, 9.17) is 13.8 Å². The fraction of sp³-hybridized carbons (Fsp3) is 0.333. The molecule has 178 valence electrons. The second-order valence-corrected chi connectivity index (χ2v) is 8.93. The lowest BCUT2D eigenvalue weighted by molar-refractivity contribution is -0.138. The number of rotatable bonds is 9. The van der Waals surface area contributed by atoms with E-state index in [1.165, 1.54) is 0 Å². The molecule has 2 aromatic carbocycles. The summed E-state index contributed by atoms with van der Waals surface area (Å²) in [5.74, 6) is -0.554. The Balaban J connectivity index is 2.18. The third kappa shape index (κ3) is 5.73. The van der Waals surface area contributed by atoms with E-state index in [9.17, 15) is 27.3 Å². The van der Waals surface area contributed by atoms with Crippen molar-refractivity contribution in [2.24, 2.45) is 0 Å². The van der Waals surface area contributed by atoms with Crippen molar-refractivity contribution < 1.29 is 31.5 Å². The first-order chi connectivity index (χ1) is 15.6. The maximum Gasteiger partial charge on any atom is 0.420 e. The van der Waals surface area contributed by atoms with Gasteiger partial charge >= 0.3 is 24.9 Å². The molecule has 1 heterocycles. The number of hydrogen-bond donors (Lipinski definition) is 1. The van der Waals surface area contributed by atoms with E-state index in [-0.39, 0.29) is 30.9 Å². The van der Waals surface area contributed by atoms with E-state index < -0.39 is 42.5 Å². The van der Waals surface area contributed by atoms with Gasteiger partial charge in [-0.1, -0.05) is 30.3 Å². The molecule has 1 aromatic heterocycles. The molecule has 0 fully saturated rings. The number of aromatic nitrogens is 2. The van der Waals surface area contributed by atoms with Crippen LogP contribution < -0.4 is 15.9 Å². The molecule has 0 aliphatic rings. The quantitative estimate of drug-likeness (QED) is 0.353. The van der Waals surface area contributed by atoms with E-state index in [1.54, 1.807) is 44.2 Å². The minimum atomic E-state index is -4.80. The van der Waals surface area contributed by atoms with Crippen molar-refractivity contribution in [2.45, 2.75) is 32.9 Å². The highest BCUT2D eigenvalue weighted by Gasteiger charge is 2.36. The summed E-state index contributed by atoms with van der Waals surface area (Å²) in [6.45, 7) is 2.96. The van der Waals surface area contributed by atoms with Crippen molar-refractivity contribution in [1.29, 1.82) is 0 Å². The highest BCUT2D eigenvalue weighted by atomic mass is 31.2. The molecule has 0 unspecified atom stereocenters. The number of alkyl halides is 3. The zero-order valence-electron chi connectivity index (χ0n) is 17.8. The van der Waals surface area contributed by atoms with Gasteiger partial charge in [0.2, 0.25) is 0 Å². The minimum absolute atomic E-state index is 0.00316. The van der Waals surface area contributed by atoms with E-state index in [1.807, 2.05) is 0 Å². The molecule has 0 aliphatic heterocycles. The van der Waals surface area contributed by atoms with Crippen LogP contribution in [0.1, 0.15) is 25.0 Å². The van der Waals surface area contributed by atoms with Crippen molar-refractivity contribution >= 4 is 18.6 Å². The Morgan fingerprint density at radius 3 is 2.24 bits per heavy atom. The van der Waals surface area contributed by atoms with Crippen LogP contribution >= 0.6 is 7.60 Å². The Labute approximate surface area is 186 Å². The van der Waals surface area contributed by atoms with Crippen LogP contribution in [0, 0.1) is 0 Å². The number of fused-ring (bicyclic) bond motifs is 1. The molecule has 3 rings (SSSR count). The average Bonchev–Trinajstić information content (AvgIpc) is 2.75. The van der Waals surface area contributed by atoms with Gasteiger partial charge in [0.25, 0.3) is 0 Å². The van der Waals surface area contributed by atoms with Crippen LogP contribution in [0.4, 0.5) is 13.2 Å². The van der Waals surface area contributed by atoms with Gasteiger partial charge in [-0.15, -0.1) is 0 Å². The maximum absolute atomic E-state index is 13.7. The highest BCUT2D eigenvalue weighted by molar-refractivity contribution is 7.52.